The highest BCUT2D eigenvalue weighted by atomic mass is 19.1. The second kappa shape index (κ2) is 9.13. The van der Waals surface area contributed by atoms with Crippen LogP contribution in [0.25, 0.3) is 0 Å². The van der Waals surface area contributed by atoms with Gasteiger partial charge in [-0.15, -0.1) is 0 Å². The van der Waals surface area contributed by atoms with Gasteiger partial charge in [-0.2, -0.15) is 0 Å². The third-order valence-corrected chi connectivity index (χ3v) is 3.68. The first-order valence-corrected chi connectivity index (χ1v) is 8.17. The summed E-state index contributed by atoms with van der Waals surface area (Å²) in [6.45, 7) is 3.05. The minimum Gasteiger partial charge on any atom is -0.386 e. The van der Waals surface area contributed by atoms with Crippen LogP contribution < -0.4 is 5.32 Å². The van der Waals surface area contributed by atoms with Crippen LogP contribution in [0.15, 0.2) is 53.5 Å². The van der Waals surface area contributed by atoms with Crippen molar-refractivity contribution in [2.75, 3.05) is 20.1 Å². The van der Waals surface area contributed by atoms with Crippen LogP contribution in [0.1, 0.15) is 24.2 Å². The van der Waals surface area contributed by atoms with Gasteiger partial charge in [0.25, 0.3) is 0 Å². The molecule has 0 spiro atoms. The van der Waals surface area contributed by atoms with E-state index in [1.54, 1.807) is 24.3 Å². The molecule has 25 heavy (non-hydrogen) atoms. The zero-order valence-electron chi connectivity index (χ0n) is 14.4. The normalized spacial score (nSPS) is 12.8. The number of aliphatic hydroxyl groups excluding tert-OH is 1. The molecule has 1 unspecified atom stereocenters. The molecule has 0 aromatic heterocycles. The van der Waals surface area contributed by atoms with Crippen LogP contribution in [0.2, 0.25) is 0 Å². The van der Waals surface area contributed by atoms with Gasteiger partial charge in [-0.1, -0.05) is 30.3 Å². The summed E-state index contributed by atoms with van der Waals surface area (Å²) in [5.41, 5.74) is 1.03. The second-order valence-electron chi connectivity index (χ2n) is 5.72. The maximum atomic E-state index is 13.7. The van der Waals surface area contributed by atoms with Crippen molar-refractivity contribution in [2.45, 2.75) is 19.6 Å². The van der Waals surface area contributed by atoms with Gasteiger partial charge >= 0.3 is 0 Å². The van der Waals surface area contributed by atoms with Crippen molar-refractivity contribution in [1.29, 1.82) is 0 Å². The molecular formula is C19H23F2N3O. The molecule has 0 aliphatic carbocycles. The number of aliphatic imine (C=N–C) groups is 1. The summed E-state index contributed by atoms with van der Waals surface area (Å²) in [5, 5.41) is 13.3. The minimum atomic E-state index is -1.03. The van der Waals surface area contributed by atoms with E-state index in [1.807, 2.05) is 24.9 Å². The van der Waals surface area contributed by atoms with E-state index in [0.717, 1.165) is 5.56 Å². The third kappa shape index (κ3) is 5.53. The number of benzene rings is 2. The molecule has 134 valence electrons. The molecule has 0 bridgehead atoms. The maximum absolute atomic E-state index is 13.7. The van der Waals surface area contributed by atoms with Crippen LogP contribution in [0.4, 0.5) is 8.78 Å². The zero-order chi connectivity index (χ0) is 18.2. The summed E-state index contributed by atoms with van der Waals surface area (Å²) in [7, 11) is 1.82. The fraction of sp³-hybridized carbons (Fsp3) is 0.316. The highest BCUT2D eigenvalue weighted by molar-refractivity contribution is 5.79. The molecule has 0 saturated heterocycles. The molecule has 2 aromatic carbocycles. The van der Waals surface area contributed by atoms with Crippen LogP contribution in [0, 0.1) is 11.6 Å². The fourth-order valence-electron chi connectivity index (χ4n) is 2.47. The Hall–Kier alpha value is -2.47. The number of hydrogen-bond acceptors (Lipinski definition) is 2. The van der Waals surface area contributed by atoms with Crippen LogP contribution >= 0.6 is 0 Å². The van der Waals surface area contributed by atoms with Crippen molar-refractivity contribution >= 4 is 5.96 Å². The van der Waals surface area contributed by atoms with Crippen molar-refractivity contribution in [3.05, 3.63) is 71.3 Å². The predicted molar refractivity (Wildman–Crippen MR) is 95.2 cm³/mol. The molecule has 2 rings (SSSR count). The lowest BCUT2D eigenvalue weighted by Gasteiger charge is -2.22. The average Bonchev–Trinajstić information content (AvgIpc) is 2.58. The molecule has 0 fully saturated rings. The van der Waals surface area contributed by atoms with Gasteiger partial charge in [0.2, 0.25) is 0 Å². The largest absolute Gasteiger partial charge is 0.386 e. The summed E-state index contributed by atoms with van der Waals surface area (Å²) >= 11 is 0. The first kappa shape index (κ1) is 18.9. The Balaban J connectivity index is 2.08. The maximum Gasteiger partial charge on any atom is 0.194 e. The van der Waals surface area contributed by atoms with Crippen LogP contribution in [0.5, 0.6) is 0 Å². The molecule has 0 amide bonds. The smallest absolute Gasteiger partial charge is 0.194 e. The van der Waals surface area contributed by atoms with Crippen molar-refractivity contribution < 1.29 is 13.9 Å². The van der Waals surface area contributed by atoms with Gasteiger partial charge in [-0.3, -0.25) is 4.99 Å². The van der Waals surface area contributed by atoms with E-state index in [0.29, 0.717) is 19.0 Å². The fourth-order valence-corrected chi connectivity index (χ4v) is 2.47. The number of nitrogens with zero attached hydrogens (tertiary/aromatic N) is 2. The van der Waals surface area contributed by atoms with Gasteiger partial charge in [-0.25, -0.2) is 8.78 Å². The predicted octanol–water partition coefficient (Wildman–Crippen LogP) is 3.10. The molecule has 0 aliphatic rings. The lowest BCUT2D eigenvalue weighted by molar-refractivity contribution is 0.181. The lowest BCUT2D eigenvalue weighted by Crippen LogP contribution is -2.38. The average molecular weight is 347 g/mol. The standard InChI is InChI=1S/C19H23F2N3O/c1-3-22-19(24(2)13-14-7-6-8-15(20)11-14)23-12-18(25)16-9-4-5-10-17(16)21/h4-11,18,25H,3,12-13H2,1-2H3,(H,22,23). The number of rotatable bonds is 6. The summed E-state index contributed by atoms with van der Waals surface area (Å²) in [6.07, 6.45) is -1.03. The van der Waals surface area contributed by atoms with E-state index in [9.17, 15) is 13.9 Å². The number of guanidine groups is 1. The SMILES string of the molecule is CCNC(=NCC(O)c1ccccc1F)N(C)Cc1cccc(F)c1. The van der Waals surface area contributed by atoms with Crippen molar-refractivity contribution in [3.8, 4) is 0 Å². The van der Waals surface area contributed by atoms with Gasteiger partial charge in [0.1, 0.15) is 17.7 Å². The van der Waals surface area contributed by atoms with Crippen LogP contribution in [0.3, 0.4) is 0 Å². The molecule has 1 atom stereocenters. The number of hydrogen-bond donors (Lipinski definition) is 2. The van der Waals surface area contributed by atoms with Gasteiger partial charge in [0.05, 0.1) is 6.54 Å². The molecule has 6 heteroatoms. The molecule has 0 heterocycles. The Kier molecular flexibility index (Phi) is 6.89. The van der Waals surface area contributed by atoms with Gasteiger partial charge < -0.3 is 15.3 Å². The van der Waals surface area contributed by atoms with E-state index < -0.39 is 11.9 Å². The van der Waals surface area contributed by atoms with Gasteiger partial charge in [-0.05, 0) is 30.7 Å². The number of nitrogens with one attached hydrogen (secondary N) is 1. The summed E-state index contributed by atoms with van der Waals surface area (Å²) in [6, 6.07) is 12.4. The molecule has 4 nitrogen and oxygen atoms in total. The van der Waals surface area contributed by atoms with Crippen molar-refractivity contribution in [1.82, 2.24) is 10.2 Å². The topological polar surface area (TPSA) is 47.9 Å². The van der Waals surface area contributed by atoms with E-state index in [-0.39, 0.29) is 17.9 Å². The Labute approximate surface area is 146 Å². The first-order chi connectivity index (χ1) is 12.0. The molecule has 0 radical (unpaired) electrons. The monoisotopic (exact) mass is 347 g/mol. The molecule has 0 aliphatic heterocycles. The van der Waals surface area contributed by atoms with Crippen molar-refractivity contribution in [2.24, 2.45) is 4.99 Å². The quantitative estimate of drug-likeness (QED) is 0.624. The Bertz CT molecular complexity index is 721. The molecular weight excluding hydrogens is 324 g/mol. The summed E-state index contributed by atoms with van der Waals surface area (Å²) in [5.74, 6) is -0.187. The Morgan fingerprint density at radius 3 is 2.64 bits per heavy atom. The summed E-state index contributed by atoms with van der Waals surface area (Å²) < 4.78 is 27.0. The number of halogens is 2. The summed E-state index contributed by atoms with van der Waals surface area (Å²) in [4.78, 5) is 6.20. The second-order valence-corrected chi connectivity index (χ2v) is 5.72. The third-order valence-electron chi connectivity index (χ3n) is 3.68. The van der Waals surface area contributed by atoms with E-state index in [1.165, 1.54) is 18.2 Å². The van der Waals surface area contributed by atoms with Crippen molar-refractivity contribution in [3.63, 3.8) is 0 Å². The Morgan fingerprint density at radius 1 is 1.20 bits per heavy atom. The van der Waals surface area contributed by atoms with Crippen LogP contribution in [-0.2, 0) is 6.54 Å². The highest BCUT2D eigenvalue weighted by Gasteiger charge is 2.13. The van der Waals surface area contributed by atoms with E-state index in [4.69, 9.17) is 0 Å². The Morgan fingerprint density at radius 2 is 1.96 bits per heavy atom. The lowest BCUT2D eigenvalue weighted by atomic mass is 10.1. The number of aliphatic hydroxyl groups is 1. The zero-order valence-corrected chi connectivity index (χ0v) is 14.4. The molecule has 2 aromatic rings. The minimum absolute atomic E-state index is 0.0246. The highest BCUT2D eigenvalue weighted by Crippen LogP contribution is 2.17. The molecule has 2 N–H and O–H groups in total. The molecule has 0 saturated carbocycles. The van der Waals surface area contributed by atoms with Gasteiger partial charge in [0.15, 0.2) is 5.96 Å². The van der Waals surface area contributed by atoms with E-state index in [2.05, 4.69) is 10.3 Å². The van der Waals surface area contributed by atoms with E-state index >= 15 is 0 Å². The van der Waals surface area contributed by atoms with Crippen LogP contribution in [-0.4, -0.2) is 36.1 Å². The first-order valence-electron chi connectivity index (χ1n) is 8.17. The van der Waals surface area contributed by atoms with Gasteiger partial charge in [0, 0.05) is 25.7 Å².